The van der Waals surface area contributed by atoms with Gasteiger partial charge in [-0.2, -0.15) is 0 Å². The van der Waals surface area contributed by atoms with Crippen LogP contribution in [0.4, 0.5) is 10.1 Å². The maximum atomic E-state index is 13.2. The SMILES string of the molecule is Cc1cc(F)ccc1NC(=O)c1ccccc1OCCOc1ccccc1. The average molecular weight is 365 g/mol. The summed E-state index contributed by atoms with van der Waals surface area (Å²) in [6.45, 7) is 2.40. The first-order valence-corrected chi connectivity index (χ1v) is 8.60. The molecule has 0 saturated carbocycles. The Balaban J connectivity index is 1.61. The van der Waals surface area contributed by atoms with Crippen molar-refractivity contribution >= 4 is 11.6 Å². The number of ether oxygens (including phenoxy) is 2. The minimum Gasteiger partial charge on any atom is -0.490 e. The smallest absolute Gasteiger partial charge is 0.259 e. The molecule has 0 heterocycles. The number of anilines is 1. The largest absolute Gasteiger partial charge is 0.490 e. The third-order valence-electron chi connectivity index (χ3n) is 3.92. The number of para-hydroxylation sites is 2. The Hall–Kier alpha value is -3.34. The van der Waals surface area contributed by atoms with Gasteiger partial charge in [-0.25, -0.2) is 4.39 Å². The molecule has 0 bridgehead atoms. The number of amides is 1. The van der Waals surface area contributed by atoms with Gasteiger partial charge in [0.2, 0.25) is 0 Å². The van der Waals surface area contributed by atoms with Crippen LogP contribution in [0, 0.1) is 12.7 Å². The van der Waals surface area contributed by atoms with Crippen LogP contribution < -0.4 is 14.8 Å². The van der Waals surface area contributed by atoms with Crippen molar-refractivity contribution in [2.45, 2.75) is 6.92 Å². The molecule has 0 atom stereocenters. The molecule has 3 rings (SSSR count). The van der Waals surface area contributed by atoms with Gasteiger partial charge in [-0.05, 0) is 55.0 Å². The van der Waals surface area contributed by atoms with Crippen LogP contribution >= 0.6 is 0 Å². The average Bonchev–Trinajstić information content (AvgIpc) is 2.68. The van der Waals surface area contributed by atoms with Crippen molar-refractivity contribution in [2.24, 2.45) is 0 Å². The van der Waals surface area contributed by atoms with E-state index < -0.39 is 0 Å². The van der Waals surface area contributed by atoms with Gasteiger partial charge in [-0.3, -0.25) is 4.79 Å². The third kappa shape index (κ3) is 5.07. The Kier molecular flexibility index (Phi) is 6.05. The van der Waals surface area contributed by atoms with Crippen LogP contribution in [0.2, 0.25) is 0 Å². The molecule has 27 heavy (non-hydrogen) atoms. The standard InChI is InChI=1S/C22H20FNO3/c1-16-15-17(23)11-12-20(16)24-22(25)19-9-5-6-10-21(19)27-14-13-26-18-7-3-2-4-8-18/h2-12,15H,13-14H2,1H3,(H,24,25). The molecule has 0 radical (unpaired) electrons. The normalized spacial score (nSPS) is 10.3. The van der Waals surface area contributed by atoms with Gasteiger partial charge in [0, 0.05) is 5.69 Å². The summed E-state index contributed by atoms with van der Waals surface area (Å²) in [7, 11) is 0. The molecule has 3 aromatic carbocycles. The van der Waals surface area contributed by atoms with Crippen molar-refractivity contribution in [1.82, 2.24) is 0 Å². The van der Waals surface area contributed by atoms with Gasteiger partial charge >= 0.3 is 0 Å². The van der Waals surface area contributed by atoms with Gasteiger partial charge in [0.15, 0.2) is 0 Å². The molecule has 138 valence electrons. The summed E-state index contributed by atoms with van der Waals surface area (Å²) in [6.07, 6.45) is 0. The number of carbonyl (C=O) groups excluding carboxylic acids is 1. The fraction of sp³-hybridized carbons (Fsp3) is 0.136. The second-order valence-corrected chi connectivity index (χ2v) is 5.92. The van der Waals surface area contributed by atoms with Gasteiger partial charge in [0.25, 0.3) is 5.91 Å². The zero-order chi connectivity index (χ0) is 19.1. The summed E-state index contributed by atoms with van der Waals surface area (Å²) >= 11 is 0. The van der Waals surface area contributed by atoms with E-state index in [0.717, 1.165) is 5.75 Å². The van der Waals surface area contributed by atoms with Crippen molar-refractivity contribution in [1.29, 1.82) is 0 Å². The Morgan fingerprint density at radius 3 is 2.41 bits per heavy atom. The molecule has 1 amide bonds. The Morgan fingerprint density at radius 1 is 0.926 bits per heavy atom. The summed E-state index contributed by atoms with van der Waals surface area (Å²) in [6, 6.07) is 20.6. The molecule has 0 saturated heterocycles. The predicted molar refractivity (Wildman–Crippen MR) is 103 cm³/mol. The highest BCUT2D eigenvalue weighted by atomic mass is 19.1. The molecule has 0 spiro atoms. The highest BCUT2D eigenvalue weighted by Gasteiger charge is 2.13. The maximum Gasteiger partial charge on any atom is 0.259 e. The second-order valence-electron chi connectivity index (χ2n) is 5.92. The summed E-state index contributed by atoms with van der Waals surface area (Å²) in [5.74, 6) is 0.572. The molecule has 4 nitrogen and oxygen atoms in total. The van der Waals surface area contributed by atoms with Crippen LogP contribution in [0.3, 0.4) is 0 Å². The first-order chi connectivity index (χ1) is 13.1. The van der Waals surface area contributed by atoms with Crippen molar-refractivity contribution < 1.29 is 18.7 Å². The zero-order valence-corrected chi connectivity index (χ0v) is 14.9. The molecule has 3 aromatic rings. The summed E-state index contributed by atoms with van der Waals surface area (Å²) in [4.78, 5) is 12.6. The van der Waals surface area contributed by atoms with E-state index in [-0.39, 0.29) is 11.7 Å². The molecule has 1 N–H and O–H groups in total. The molecule has 0 unspecified atom stereocenters. The fourth-order valence-corrected chi connectivity index (χ4v) is 2.56. The number of hydrogen-bond acceptors (Lipinski definition) is 3. The molecule has 0 aliphatic heterocycles. The Morgan fingerprint density at radius 2 is 1.63 bits per heavy atom. The zero-order valence-electron chi connectivity index (χ0n) is 14.9. The number of rotatable bonds is 7. The highest BCUT2D eigenvalue weighted by molar-refractivity contribution is 6.06. The first kappa shape index (κ1) is 18.5. The Labute approximate surface area is 157 Å². The topological polar surface area (TPSA) is 47.6 Å². The number of halogens is 1. The van der Waals surface area contributed by atoms with Gasteiger partial charge in [0.1, 0.15) is 30.5 Å². The van der Waals surface area contributed by atoms with Crippen LogP contribution in [0.25, 0.3) is 0 Å². The Bertz CT molecular complexity index is 912. The number of carbonyl (C=O) groups is 1. The molecule has 0 aliphatic carbocycles. The summed E-state index contributed by atoms with van der Waals surface area (Å²) in [5.41, 5.74) is 1.61. The maximum absolute atomic E-state index is 13.2. The van der Waals surface area contributed by atoms with E-state index in [4.69, 9.17) is 9.47 Å². The van der Waals surface area contributed by atoms with E-state index in [2.05, 4.69) is 5.32 Å². The van der Waals surface area contributed by atoms with E-state index in [9.17, 15) is 9.18 Å². The quantitative estimate of drug-likeness (QED) is 0.609. The first-order valence-electron chi connectivity index (χ1n) is 8.60. The summed E-state index contributed by atoms with van der Waals surface area (Å²) in [5, 5.41) is 2.79. The van der Waals surface area contributed by atoms with E-state index in [1.54, 1.807) is 37.3 Å². The molecule has 5 heteroatoms. The van der Waals surface area contributed by atoms with Gasteiger partial charge in [-0.1, -0.05) is 30.3 Å². The predicted octanol–water partition coefficient (Wildman–Crippen LogP) is 4.84. The van der Waals surface area contributed by atoms with E-state index in [1.165, 1.54) is 12.1 Å². The van der Waals surface area contributed by atoms with Crippen LogP contribution in [-0.4, -0.2) is 19.1 Å². The number of nitrogens with one attached hydrogen (secondary N) is 1. The van der Waals surface area contributed by atoms with Gasteiger partial charge < -0.3 is 14.8 Å². The van der Waals surface area contributed by atoms with E-state index in [1.807, 2.05) is 30.3 Å². The van der Waals surface area contributed by atoms with Crippen LogP contribution in [-0.2, 0) is 0 Å². The fourth-order valence-electron chi connectivity index (χ4n) is 2.56. The van der Waals surface area contributed by atoms with E-state index in [0.29, 0.717) is 35.8 Å². The van der Waals surface area contributed by atoms with Crippen molar-refractivity contribution in [3.8, 4) is 11.5 Å². The van der Waals surface area contributed by atoms with Crippen LogP contribution in [0.5, 0.6) is 11.5 Å². The monoisotopic (exact) mass is 365 g/mol. The minimum atomic E-state index is -0.340. The lowest BCUT2D eigenvalue weighted by Gasteiger charge is -2.13. The third-order valence-corrected chi connectivity index (χ3v) is 3.92. The highest BCUT2D eigenvalue weighted by Crippen LogP contribution is 2.22. The molecular weight excluding hydrogens is 345 g/mol. The number of benzene rings is 3. The second kappa shape index (κ2) is 8.85. The van der Waals surface area contributed by atoms with Crippen molar-refractivity contribution in [2.75, 3.05) is 18.5 Å². The molecule has 0 aliphatic rings. The van der Waals surface area contributed by atoms with Crippen LogP contribution in [0.15, 0.2) is 72.8 Å². The summed E-state index contributed by atoms with van der Waals surface area (Å²) < 4.78 is 24.5. The number of aryl methyl sites for hydroxylation is 1. The lowest BCUT2D eigenvalue weighted by molar-refractivity contribution is 0.102. The van der Waals surface area contributed by atoms with E-state index >= 15 is 0 Å². The lowest BCUT2D eigenvalue weighted by Crippen LogP contribution is -2.16. The molecule has 0 fully saturated rings. The van der Waals surface area contributed by atoms with Gasteiger partial charge in [0.05, 0.1) is 5.56 Å². The van der Waals surface area contributed by atoms with Crippen LogP contribution in [0.1, 0.15) is 15.9 Å². The molecule has 0 aromatic heterocycles. The number of hydrogen-bond donors (Lipinski definition) is 1. The minimum absolute atomic E-state index is 0.300. The van der Waals surface area contributed by atoms with Crippen molar-refractivity contribution in [3.05, 3.63) is 89.7 Å². The lowest BCUT2D eigenvalue weighted by atomic mass is 10.1. The van der Waals surface area contributed by atoms with Crippen molar-refractivity contribution in [3.63, 3.8) is 0 Å². The molecular formula is C22H20FNO3. The van der Waals surface area contributed by atoms with Gasteiger partial charge in [-0.15, -0.1) is 0 Å².